The summed E-state index contributed by atoms with van der Waals surface area (Å²) in [6.07, 6.45) is 0. The minimum Gasteiger partial charge on any atom is -0.247 e. The van der Waals surface area contributed by atoms with Gasteiger partial charge in [-0.25, -0.2) is 4.98 Å². The molecule has 0 saturated carbocycles. The van der Waals surface area contributed by atoms with E-state index in [0.717, 1.165) is 43.0 Å². The van der Waals surface area contributed by atoms with Crippen molar-refractivity contribution < 1.29 is 0 Å². The van der Waals surface area contributed by atoms with Crippen molar-refractivity contribution >= 4 is 34.5 Å². The van der Waals surface area contributed by atoms with Crippen molar-refractivity contribution in [3.05, 3.63) is 88.2 Å². The summed E-state index contributed by atoms with van der Waals surface area (Å²) in [7, 11) is 0. The highest BCUT2D eigenvalue weighted by Gasteiger charge is 2.09. The molecule has 0 amide bonds. The van der Waals surface area contributed by atoms with Crippen molar-refractivity contribution in [3.8, 4) is 33.0 Å². The Morgan fingerprint density at radius 3 is 1.84 bits per heavy atom. The molecule has 0 aliphatic carbocycles. The molecule has 0 N–H and O–H groups in total. The van der Waals surface area contributed by atoms with Gasteiger partial charge in [0, 0.05) is 15.6 Å². The third kappa shape index (κ3) is 3.62. The Balaban J connectivity index is 1.88. The lowest BCUT2D eigenvalue weighted by atomic mass is 10.0. The molecule has 0 unspecified atom stereocenters. The van der Waals surface area contributed by atoms with Crippen LogP contribution in [-0.2, 0) is 0 Å². The number of aromatic nitrogens is 1. The second-order valence-corrected chi connectivity index (χ2v) is 7.44. The van der Waals surface area contributed by atoms with Crippen LogP contribution in [0, 0.1) is 0 Å². The minimum atomic E-state index is 0.719. The minimum absolute atomic E-state index is 0.719. The molecule has 4 aromatic rings. The molecule has 0 atom stereocenters. The lowest BCUT2D eigenvalue weighted by Crippen LogP contribution is -1.90. The number of halogens is 2. The smallest absolute Gasteiger partial charge is 0.0815 e. The van der Waals surface area contributed by atoms with Crippen LogP contribution in [0.25, 0.3) is 33.0 Å². The lowest BCUT2D eigenvalue weighted by molar-refractivity contribution is 1.33. The number of hydrogen-bond acceptors (Lipinski definition) is 2. The van der Waals surface area contributed by atoms with Gasteiger partial charge < -0.3 is 0 Å². The van der Waals surface area contributed by atoms with Gasteiger partial charge in [-0.15, -0.1) is 11.3 Å². The zero-order valence-electron chi connectivity index (χ0n) is 13.1. The third-order valence-corrected chi connectivity index (χ3v) is 5.31. The number of hydrogen-bond donors (Lipinski definition) is 0. The third-order valence-electron chi connectivity index (χ3n) is 3.92. The fraction of sp³-hybridized carbons (Fsp3) is 0. The quantitative estimate of drug-likeness (QED) is 0.359. The van der Waals surface area contributed by atoms with E-state index in [1.807, 2.05) is 54.6 Å². The molecule has 0 aliphatic rings. The van der Waals surface area contributed by atoms with E-state index in [2.05, 4.69) is 23.6 Å². The Kier molecular flexibility index (Phi) is 4.58. The van der Waals surface area contributed by atoms with Gasteiger partial charge in [0.25, 0.3) is 0 Å². The average Bonchev–Trinajstić information content (AvgIpc) is 3.17. The van der Waals surface area contributed by atoms with Gasteiger partial charge in [0.2, 0.25) is 0 Å². The van der Waals surface area contributed by atoms with Crippen LogP contribution in [0.3, 0.4) is 0 Å². The summed E-state index contributed by atoms with van der Waals surface area (Å²) >= 11 is 13.7. The Morgan fingerprint density at radius 2 is 1.24 bits per heavy atom. The first-order valence-electron chi connectivity index (χ1n) is 7.77. The van der Waals surface area contributed by atoms with E-state index in [4.69, 9.17) is 28.2 Å². The average molecular weight is 382 g/mol. The van der Waals surface area contributed by atoms with E-state index in [1.165, 1.54) is 0 Å². The summed E-state index contributed by atoms with van der Waals surface area (Å²) in [6, 6.07) is 24.0. The van der Waals surface area contributed by atoms with Crippen LogP contribution in [-0.4, -0.2) is 4.98 Å². The first-order valence-corrected chi connectivity index (χ1v) is 9.40. The fourth-order valence-electron chi connectivity index (χ4n) is 2.66. The van der Waals surface area contributed by atoms with Crippen LogP contribution >= 0.6 is 34.5 Å². The Morgan fingerprint density at radius 1 is 0.640 bits per heavy atom. The molecule has 0 bridgehead atoms. The van der Waals surface area contributed by atoms with Gasteiger partial charge in [0.1, 0.15) is 0 Å². The standard InChI is InChI=1S/C21H13Cl2NS/c22-17-7-3-14(4-8-17)16-12-19(15-5-9-18(23)10-6-15)24-20(13-16)21-2-1-11-25-21/h1-13H. The summed E-state index contributed by atoms with van der Waals surface area (Å²) in [5, 5.41) is 3.51. The molecule has 2 heterocycles. The van der Waals surface area contributed by atoms with Gasteiger partial charge in [-0.05, 0) is 59.0 Å². The molecule has 4 heteroatoms. The second-order valence-electron chi connectivity index (χ2n) is 5.62. The van der Waals surface area contributed by atoms with Crippen LogP contribution in [0.15, 0.2) is 78.2 Å². The van der Waals surface area contributed by atoms with Gasteiger partial charge in [-0.2, -0.15) is 0 Å². The lowest BCUT2D eigenvalue weighted by Gasteiger charge is -2.09. The van der Waals surface area contributed by atoms with E-state index in [1.54, 1.807) is 11.3 Å². The van der Waals surface area contributed by atoms with E-state index < -0.39 is 0 Å². The van der Waals surface area contributed by atoms with E-state index in [0.29, 0.717) is 0 Å². The summed E-state index contributed by atoms with van der Waals surface area (Å²) in [5.41, 5.74) is 5.15. The predicted molar refractivity (Wildman–Crippen MR) is 108 cm³/mol. The maximum atomic E-state index is 6.03. The maximum Gasteiger partial charge on any atom is 0.0815 e. The second kappa shape index (κ2) is 7.01. The molecular formula is C21H13Cl2NS. The van der Waals surface area contributed by atoms with Crippen LogP contribution < -0.4 is 0 Å². The predicted octanol–water partition coefficient (Wildman–Crippen LogP) is 7.45. The van der Waals surface area contributed by atoms with Crippen LogP contribution in [0.1, 0.15) is 0 Å². The molecule has 2 aromatic heterocycles. The molecule has 1 nitrogen and oxygen atoms in total. The molecule has 0 aliphatic heterocycles. The highest BCUT2D eigenvalue weighted by atomic mass is 35.5. The molecule has 4 rings (SSSR count). The van der Waals surface area contributed by atoms with Crippen LogP contribution in [0.2, 0.25) is 10.0 Å². The highest BCUT2D eigenvalue weighted by Crippen LogP contribution is 2.32. The van der Waals surface area contributed by atoms with Crippen molar-refractivity contribution in [2.24, 2.45) is 0 Å². The number of rotatable bonds is 3. The summed E-state index contributed by atoms with van der Waals surface area (Å²) < 4.78 is 0. The number of pyridine rings is 1. The van der Waals surface area contributed by atoms with Crippen LogP contribution in [0.4, 0.5) is 0 Å². The van der Waals surface area contributed by atoms with E-state index in [9.17, 15) is 0 Å². The maximum absolute atomic E-state index is 6.03. The molecule has 0 spiro atoms. The van der Waals surface area contributed by atoms with Gasteiger partial charge >= 0.3 is 0 Å². The van der Waals surface area contributed by atoms with Crippen LogP contribution in [0.5, 0.6) is 0 Å². The molecule has 122 valence electrons. The normalized spacial score (nSPS) is 10.8. The highest BCUT2D eigenvalue weighted by molar-refractivity contribution is 7.13. The monoisotopic (exact) mass is 381 g/mol. The van der Waals surface area contributed by atoms with E-state index >= 15 is 0 Å². The summed E-state index contributed by atoms with van der Waals surface area (Å²) in [6.45, 7) is 0. The van der Waals surface area contributed by atoms with Gasteiger partial charge in [-0.3, -0.25) is 0 Å². The van der Waals surface area contributed by atoms with Crippen molar-refractivity contribution in [1.29, 1.82) is 0 Å². The molecule has 0 saturated heterocycles. The van der Waals surface area contributed by atoms with Crippen molar-refractivity contribution in [1.82, 2.24) is 4.98 Å². The number of thiophene rings is 1. The largest absolute Gasteiger partial charge is 0.247 e. The first-order chi connectivity index (χ1) is 12.2. The Labute approximate surface area is 160 Å². The van der Waals surface area contributed by atoms with Crippen molar-refractivity contribution in [2.45, 2.75) is 0 Å². The summed E-state index contributed by atoms with van der Waals surface area (Å²) in [4.78, 5) is 6.00. The zero-order chi connectivity index (χ0) is 17.2. The SMILES string of the molecule is Clc1ccc(-c2cc(-c3ccc(Cl)cc3)nc(-c3cccs3)c2)cc1. The first kappa shape index (κ1) is 16.3. The van der Waals surface area contributed by atoms with Gasteiger partial charge in [0.15, 0.2) is 0 Å². The number of nitrogens with zero attached hydrogens (tertiary/aromatic N) is 1. The molecule has 2 aromatic carbocycles. The molecule has 0 radical (unpaired) electrons. The molecule has 0 fully saturated rings. The number of benzene rings is 2. The summed E-state index contributed by atoms with van der Waals surface area (Å²) in [5.74, 6) is 0. The fourth-order valence-corrected chi connectivity index (χ4v) is 3.60. The topological polar surface area (TPSA) is 12.9 Å². The Bertz CT molecular complexity index is 928. The Hall–Kier alpha value is -2.13. The van der Waals surface area contributed by atoms with Gasteiger partial charge in [0.05, 0.1) is 16.3 Å². The molecular weight excluding hydrogens is 369 g/mol. The molecule has 25 heavy (non-hydrogen) atoms. The van der Waals surface area contributed by atoms with E-state index in [-0.39, 0.29) is 0 Å². The zero-order valence-corrected chi connectivity index (χ0v) is 15.4. The van der Waals surface area contributed by atoms with Crippen molar-refractivity contribution in [3.63, 3.8) is 0 Å². The van der Waals surface area contributed by atoms with Crippen molar-refractivity contribution in [2.75, 3.05) is 0 Å². The van der Waals surface area contributed by atoms with Gasteiger partial charge in [-0.1, -0.05) is 53.5 Å².